The Kier molecular flexibility index (Phi) is 3.94. The fraction of sp³-hybridized carbons (Fsp3) is 0.333. The van der Waals surface area contributed by atoms with Crippen LogP contribution in [0.5, 0.6) is 0 Å². The average Bonchev–Trinajstić information content (AvgIpc) is 2.86. The molecular formula is C12H12BrN3O3. The van der Waals surface area contributed by atoms with E-state index in [1.807, 2.05) is 6.92 Å². The van der Waals surface area contributed by atoms with E-state index in [2.05, 4.69) is 26.1 Å². The second-order valence-electron chi connectivity index (χ2n) is 4.05. The van der Waals surface area contributed by atoms with Gasteiger partial charge in [0.2, 0.25) is 5.89 Å². The number of alkyl halides is 1. The van der Waals surface area contributed by atoms with Crippen LogP contribution in [0.25, 0.3) is 11.5 Å². The zero-order valence-corrected chi connectivity index (χ0v) is 12.0. The van der Waals surface area contributed by atoms with E-state index < -0.39 is 4.92 Å². The van der Waals surface area contributed by atoms with Gasteiger partial charge in [0.25, 0.3) is 11.6 Å². The van der Waals surface area contributed by atoms with E-state index in [1.54, 1.807) is 19.1 Å². The molecule has 1 aromatic carbocycles. The number of rotatable bonds is 4. The van der Waals surface area contributed by atoms with Crippen molar-refractivity contribution in [1.29, 1.82) is 0 Å². The van der Waals surface area contributed by atoms with Gasteiger partial charge in [-0.05, 0) is 18.9 Å². The van der Waals surface area contributed by atoms with E-state index in [1.165, 1.54) is 6.07 Å². The molecule has 0 fully saturated rings. The standard InChI is InChI=1S/C12H12BrN3O3/c1-3-8(13)11-14-15-12(19-11)10-7(2)5-4-6-9(10)16(17)18/h4-6,8H,3H2,1-2H3. The summed E-state index contributed by atoms with van der Waals surface area (Å²) in [5.41, 5.74) is 1.08. The molecular weight excluding hydrogens is 314 g/mol. The summed E-state index contributed by atoms with van der Waals surface area (Å²) < 4.78 is 5.52. The summed E-state index contributed by atoms with van der Waals surface area (Å²) in [5, 5.41) is 18.9. The van der Waals surface area contributed by atoms with Gasteiger partial charge >= 0.3 is 0 Å². The molecule has 0 aliphatic carbocycles. The Morgan fingerprint density at radius 2 is 2.21 bits per heavy atom. The Morgan fingerprint density at radius 3 is 2.84 bits per heavy atom. The van der Waals surface area contributed by atoms with Gasteiger partial charge < -0.3 is 4.42 Å². The highest BCUT2D eigenvalue weighted by Gasteiger charge is 2.23. The topological polar surface area (TPSA) is 82.1 Å². The third-order valence-electron chi connectivity index (χ3n) is 2.73. The Hall–Kier alpha value is -1.76. The number of benzene rings is 1. The maximum atomic E-state index is 11.1. The minimum absolute atomic E-state index is 0.0298. The molecule has 2 rings (SSSR count). The lowest BCUT2D eigenvalue weighted by molar-refractivity contribution is -0.384. The first-order chi connectivity index (χ1) is 9.04. The molecule has 0 amide bonds. The van der Waals surface area contributed by atoms with Crippen LogP contribution in [-0.4, -0.2) is 15.1 Å². The van der Waals surface area contributed by atoms with Gasteiger partial charge in [-0.3, -0.25) is 10.1 Å². The highest BCUT2D eigenvalue weighted by molar-refractivity contribution is 9.09. The van der Waals surface area contributed by atoms with Gasteiger partial charge in [0.15, 0.2) is 0 Å². The number of halogens is 1. The van der Waals surface area contributed by atoms with Crippen LogP contribution in [0.1, 0.15) is 29.6 Å². The highest BCUT2D eigenvalue weighted by atomic mass is 79.9. The van der Waals surface area contributed by atoms with Crippen molar-refractivity contribution in [1.82, 2.24) is 10.2 Å². The number of aromatic nitrogens is 2. The lowest BCUT2D eigenvalue weighted by atomic mass is 10.1. The van der Waals surface area contributed by atoms with Gasteiger partial charge in [0, 0.05) is 6.07 Å². The number of nitro benzene ring substituents is 1. The van der Waals surface area contributed by atoms with Crippen molar-refractivity contribution in [3.05, 3.63) is 39.8 Å². The van der Waals surface area contributed by atoms with Crippen LogP contribution in [-0.2, 0) is 0 Å². The first-order valence-corrected chi connectivity index (χ1v) is 6.68. The monoisotopic (exact) mass is 325 g/mol. The number of hydrogen-bond acceptors (Lipinski definition) is 5. The van der Waals surface area contributed by atoms with Crippen molar-refractivity contribution in [3.8, 4) is 11.5 Å². The van der Waals surface area contributed by atoms with Crippen molar-refractivity contribution in [2.24, 2.45) is 0 Å². The molecule has 0 radical (unpaired) electrons. The predicted octanol–water partition coefficient (Wildman–Crippen LogP) is 3.80. The van der Waals surface area contributed by atoms with E-state index in [4.69, 9.17) is 4.42 Å². The largest absolute Gasteiger partial charge is 0.419 e. The second kappa shape index (κ2) is 5.48. The van der Waals surface area contributed by atoms with Gasteiger partial charge in [-0.15, -0.1) is 10.2 Å². The third-order valence-corrected chi connectivity index (χ3v) is 3.77. The minimum Gasteiger partial charge on any atom is -0.419 e. The van der Waals surface area contributed by atoms with E-state index in [-0.39, 0.29) is 16.4 Å². The van der Waals surface area contributed by atoms with Crippen LogP contribution in [0, 0.1) is 17.0 Å². The molecule has 0 aliphatic rings. The molecule has 0 saturated heterocycles. The van der Waals surface area contributed by atoms with Gasteiger partial charge in [-0.1, -0.05) is 35.0 Å². The Bertz CT molecular complexity index is 612. The van der Waals surface area contributed by atoms with Crippen molar-refractivity contribution in [2.45, 2.75) is 25.1 Å². The molecule has 1 heterocycles. The summed E-state index contributed by atoms with van der Waals surface area (Å²) in [6.07, 6.45) is 0.789. The molecule has 19 heavy (non-hydrogen) atoms. The van der Waals surface area contributed by atoms with Crippen LogP contribution < -0.4 is 0 Å². The molecule has 1 aromatic heterocycles. The van der Waals surface area contributed by atoms with Crippen LogP contribution in [0.4, 0.5) is 5.69 Å². The number of hydrogen-bond donors (Lipinski definition) is 0. The zero-order valence-electron chi connectivity index (χ0n) is 10.5. The van der Waals surface area contributed by atoms with Crippen molar-refractivity contribution in [3.63, 3.8) is 0 Å². The fourth-order valence-corrected chi connectivity index (χ4v) is 1.90. The van der Waals surface area contributed by atoms with Crippen molar-refractivity contribution < 1.29 is 9.34 Å². The smallest absolute Gasteiger partial charge is 0.282 e. The fourth-order valence-electron chi connectivity index (χ4n) is 1.72. The first kappa shape index (κ1) is 13.7. The van der Waals surface area contributed by atoms with Gasteiger partial charge in [0.1, 0.15) is 5.56 Å². The van der Waals surface area contributed by atoms with Crippen molar-refractivity contribution in [2.75, 3.05) is 0 Å². The molecule has 0 spiro atoms. The number of nitrogens with zero attached hydrogens (tertiary/aromatic N) is 3. The molecule has 100 valence electrons. The summed E-state index contributed by atoms with van der Waals surface area (Å²) in [6, 6.07) is 4.84. The summed E-state index contributed by atoms with van der Waals surface area (Å²) in [4.78, 5) is 10.6. The van der Waals surface area contributed by atoms with Gasteiger partial charge in [-0.2, -0.15) is 0 Å². The highest BCUT2D eigenvalue weighted by Crippen LogP contribution is 2.34. The Morgan fingerprint density at radius 1 is 1.47 bits per heavy atom. The van der Waals surface area contributed by atoms with Gasteiger partial charge in [0.05, 0.1) is 9.75 Å². The summed E-state index contributed by atoms with van der Waals surface area (Å²) in [5.74, 6) is 0.604. The number of nitro groups is 1. The minimum atomic E-state index is -0.447. The molecule has 1 atom stereocenters. The molecule has 0 bridgehead atoms. The van der Waals surface area contributed by atoms with Gasteiger partial charge in [-0.25, -0.2) is 0 Å². The normalized spacial score (nSPS) is 12.4. The molecule has 6 nitrogen and oxygen atoms in total. The molecule has 0 N–H and O–H groups in total. The quantitative estimate of drug-likeness (QED) is 0.485. The Labute approximate surface area is 118 Å². The maximum absolute atomic E-state index is 11.1. The van der Waals surface area contributed by atoms with E-state index in [9.17, 15) is 10.1 Å². The van der Waals surface area contributed by atoms with Crippen LogP contribution in [0.2, 0.25) is 0 Å². The predicted molar refractivity (Wildman–Crippen MR) is 73.1 cm³/mol. The molecule has 1 unspecified atom stereocenters. The lowest BCUT2D eigenvalue weighted by Gasteiger charge is -2.02. The summed E-state index contributed by atoms with van der Waals surface area (Å²) in [7, 11) is 0. The molecule has 7 heteroatoms. The SMILES string of the molecule is CCC(Br)c1nnc(-c2c(C)cccc2[N+](=O)[O-])o1. The maximum Gasteiger partial charge on any atom is 0.282 e. The zero-order chi connectivity index (χ0) is 14.0. The second-order valence-corrected chi connectivity index (χ2v) is 5.15. The van der Waals surface area contributed by atoms with E-state index >= 15 is 0 Å². The Balaban J connectivity index is 2.53. The molecule has 0 aliphatic heterocycles. The van der Waals surface area contributed by atoms with E-state index in [0.717, 1.165) is 12.0 Å². The van der Waals surface area contributed by atoms with E-state index in [0.29, 0.717) is 11.5 Å². The molecule has 2 aromatic rings. The van der Waals surface area contributed by atoms with Crippen LogP contribution in [0.3, 0.4) is 0 Å². The summed E-state index contributed by atoms with van der Waals surface area (Å²) >= 11 is 3.41. The molecule has 0 saturated carbocycles. The lowest BCUT2D eigenvalue weighted by Crippen LogP contribution is -1.94. The number of aryl methyl sites for hydroxylation is 1. The third kappa shape index (κ3) is 2.65. The van der Waals surface area contributed by atoms with Crippen molar-refractivity contribution >= 4 is 21.6 Å². The average molecular weight is 326 g/mol. The van der Waals surface area contributed by atoms with Crippen LogP contribution in [0.15, 0.2) is 22.6 Å². The summed E-state index contributed by atoms with van der Waals surface area (Å²) in [6.45, 7) is 3.75. The first-order valence-electron chi connectivity index (χ1n) is 5.76. The van der Waals surface area contributed by atoms with Crippen LogP contribution >= 0.6 is 15.9 Å².